The highest BCUT2D eigenvalue weighted by molar-refractivity contribution is 7.26. The molecule has 0 aliphatic heterocycles. The van der Waals surface area contributed by atoms with Crippen molar-refractivity contribution in [1.82, 2.24) is 15.0 Å². The highest BCUT2D eigenvalue weighted by Crippen LogP contribution is 2.40. The van der Waals surface area contributed by atoms with Gasteiger partial charge in [-0.05, 0) is 35.9 Å². The van der Waals surface area contributed by atoms with Gasteiger partial charge in [-0.25, -0.2) is 9.97 Å². The van der Waals surface area contributed by atoms with Gasteiger partial charge in [-0.15, -0.1) is 11.3 Å². The Kier molecular flexibility index (Phi) is 5.69. The van der Waals surface area contributed by atoms with Gasteiger partial charge in [0.15, 0.2) is 5.82 Å². The molecule has 0 spiro atoms. The number of fused-ring (bicyclic) bond motifs is 3. The van der Waals surface area contributed by atoms with Crippen molar-refractivity contribution in [3.8, 4) is 45.0 Å². The van der Waals surface area contributed by atoms with E-state index in [1.54, 1.807) is 11.3 Å². The molecule has 0 N–H and O–H groups in total. The lowest BCUT2D eigenvalue weighted by Gasteiger charge is -2.12. The molecule has 4 aromatic carbocycles. The number of nitrogens with zero attached hydrogens (tertiary/aromatic N) is 3. The van der Waals surface area contributed by atoms with Crippen LogP contribution in [0.3, 0.4) is 0 Å². The first kappa shape index (κ1) is 22.8. The summed E-state index contributed by atoms with van der Waals surface area (Å²) in [5.74, 6) is 0.596. The van der Waals surface area contributed by atoms with Crippen molar-refractivity contribution in [3.05, 3.63) is 126 Å². The van der Waals surface area contributed by atoms with E-state index in [9.17, 15) is 0 Å². The molecule has 7 rings (SSSR count). The summed E-state index contributed by atoms with van der Waals surface area (Å²) in [6.45, 7) is 0. The number of rotatable bonds is 4. The molecule has 0 atom stereocenters. The predicted octanol–water partition coefficient (Wildman–Crippen LogP) is 9.56. The van der Waals surface area contributed by atoms with Crippen LogP contribution in [-0.2, 0) is 0 Å². The van der Waals surface area contributed by atoms with E-state index in [4.69, 9.17) is 26.6 Å². The van der Waals surface area contributed by atoms with Crippen LogP contribution in [-0.4, -0.2) is 15.0 Å². The molecule has 0 fully saturated rings. The largest absolute Gasteiger partial charge is 0.255 e. The fraction of sp³-hybridized carbons (Fsp3) is 0. The van der Waals surface area contributed by atoms with Crippen LogP contribution in [0.5, 0.6) is 0 Å². The molecule has 0 aliphatic rings. The first-order valence-corrected chi connectivity index (χ1v) is 13.5. The molecule has 0 radical (unpaired) electrons. The maximum absolute atomic E-state index is 6.81. The zero-order chi connectivity index (χ0) is 25.5. The average Bonchev–Trinajstić information content (AvgIpc) is 3.37. The van der Waals surface area contributed by atoms with Crippen molar-refractivity contribution < 1.29 is 0 Å². The second kappa shape index (κ2) is 9.49. The maximum Gasteiger partial charge on any atom is 0.161 e. The molecule has 38 heavy (non-hydrogen) atoms. The van der Waals surface area contributed by atoms with E-state index in [2.05, 4.69) is 66.7 Å². The number of aromatic nitrogens is 3. The third-order valence-corrected chi connectivity index (χ3v) is 8.17. The molecular formula is C33H20ClN3S. The third-order valence-electron chi connectivity index (χ3n) is 6.64. The van der Waals surface area contributed by atoms with Gasteiger partial charge in [0.25, 0.3) is 0 Å². The SMILES string of the molecule is Clc1ccc(-c2ccnc3c2sc2ccccc23)cc1-c1nc(-c2ccccc2)cc(-c2ccccc2)n1. The molecule has 0 aliphatic carbocycles. The fourth-order valence-corrected chi connectivity index (χ4v) is 6.18. The minimum Gasteiger partial charge on any atom is -0.255 e. The van der Waals surface area contributed by atoms with Crippen LogP contribution in [0.15, 0.2) is 121 Å². The number of thiophene rings is 1. The minimum atomic E-state index is 0.596. The van der Waals surface area contributed by atoms with Gasteiger partial charge in [-0.2, -0.15) is 0 Å². The fourth-order valence-electron chi connectivity index (χ4n) is 4.78. The van der Waals surface area contributed by atoms with Gasteiger partial charge in [-0.3, -0.25) is 4.98 Å². The molecule has 180 valence electrons. The summed E-state index contributed by atoms with van der Waals surface area (Å²) in [5.41, 5.74) is 7.76. The van der Waals surface area contributed by atoms with E-state index in [-0.39, 0.29) is 0 Å². The van der Waals surface area contributed by atoms with E-state index in [0.29, 0.717) is 10.8 Å². The number of hydrogen-bond donors (Lipinski definition) is 0. The minimum absolute atomic E-state index is 0.596. The van der Waals surface area contributed by atoms with Crippen LogP contribution in [0.2, 0.25) is 5.02 Å². The summed E-state index contributed by atoms with van der Waals surface area (Å²) in [5, 5.41) is 1.79. The molecule has 5 heteroatoms. The summed E-state index contributed by atoms with van der Waals surface area (Å²) in [7, 11) is 0. The van der Waals surface area contributed by atoms with Crippen LogP contribution in [0.1, 0.15) is 0 Å². The summed E-state index contributed by atoms with van der Waals surface area (Å²) < 4.78 is 2.38. The van der Waals surface area contributed by atoms with Crippen molar-refractivity contribution in [2.45, 2.75) is 0 Å². The highest BCUT2D eigenvalue weighted by Gasteiger charge is 2.16. The Morgan fingerprint density at radius 3 is 1.95 bits per heavy atom. The Hall–Kier alpha value is -4.38. The molecule has 0 amide bonds. The summed E-state index contributed by atoms with van der Waals surface area (Å²) in [6, 6.07) is 39.0. The molecule has 3 heterocycles. The Labute approximate surface area is 229 Å². The third kappa shape index (κ3) is 4.04. The van der Waals surface area contributed by atoms with Crippen LogP contribution in [0.4, 0.5) is 0 Å². The van der Waals surface area contributed by atoms with Crippen molar-refractivity contribution in [3.63, 3.8) is 0 Å². The summed E-state index contributed by atoms with van der Waals surface area (Å²) in [4.78, 5) is 14.7. The maximum atomic E-state index is 6.81. The first-order chi connectivity index (χ1) is 18.7. The van der Waals surface area contributed by atoms with Crippen molar-refractivity contribution in [2.75, 3.05) is 0 Å². The Morgan fingerprint density at radius 2 is 1.24 bits per heavy atom. The molecule has 3 aromatic heterocycles. The zero-order valence-corrected chi connectivity index (χ0v) is 21.7. The predicted molar refractivity (Wildman–Crippen MR) is 159 cm³/mol. The van der Waals surface area contributed by atoms with E-state index in [1.165, 1.54) is 10.1 Å². The van der Waals surface area contributed by atoms with Gasteiger partial charge in [0.1, 0.15) is 0 Å². The van der Waals surface area contributed by atoms with Gasteiger partial charge in [0, 0.05) is 38.5 Å². The number of hydrogen-bond acceptors (Lipinski definition) is 4. The van der Waals surface area contributed by atoms with Gasteiger partial charge in [0.2, 0.25) is 0 Å². The number of benzene rings is 4. The lowest BCUT2D eigenvalue weighted by Crippen LogP contribution is -1.97. The van der Waals surface area contributed by atoms with Gasteiger partial charge >= 0.3 is 0 Å². The lowest BCUT2D eigenvalue weighted by atomic mass is 10.0. The van der Waals surface area contributed by atoms with Gasteiger partial charge in [0.05, 0.1) is 26.6 Å². The van der Waals surface area contributed by atoms with Crippen molar-refractivity contribution >= 4 is 43.2 Å². The van der Waals surface area contributed by atoms with Gasteiger partial charge in [-0.1, -0.05) is 96.5 Å². The van der Waals surface area contributed by atoms with Crippen molar-refractivity contribution in [1.29, 1.82) is 0 Å². The molecular weight excluding hydrogens is 506 g/mol. The van der Waals surface area contributed by atoms with E-state index < -0.39 is 0 Å². The topological polar surface area (TPSA) is 38.7 Å². The standard InChI is InChI=1S/C33H20ClN3S/c34-27-16-15-23(24-17-18-35-31-25-13-7-8-14-30(25)38-32(24)31)19-26(27)33-36-28(21-9-3-1-4-10-21)20-29(37-33)22-11-5-2-6-12-22/h1-20H. The highest BCUT2D eigenvalue weighted by atomic mass is 35.5. The van der Waals surface area contributed by atoms with Crippen LogP contribution in [0, 0.1) is 0 Å². The quantitative estimate of drug-likeness (QED) is 0.229. The second-order valence-electron chi connectivity index (χ2n) is 9.02. The smallest absolute Gasteiger partial charge is 0.161 e. The number of pyridine rings is 1. The normalized spacial score (nSPS) is 11.3. The van der Waals surface area contributed by atoms with E-state index >= 15 is 0 Å². The molecule has 7 aromatic rings. The molecule has 0 saturated carbocycles. The second-order valence-corrected chi connectivity index (χ2v) is 10.5. The van der Waals surface area contributed by atoms with Crippen LogP contribution < -0.4 is 0 Å². The molecule has 0 unspecified atom stereocenters. The Balaban J connectivity index is 1.43. The zero-order valence-electron chi connectivity index (χ0n) is 20.2. The van der Waals surface area contributed by atoms with Crippen LogP contribution >= 0.6 is 22.9 Å². The van der Waals surface area contributed by atoms with Crippen molar-refractivity contribution in [2.24, 2.45) is 0 Å². The van der Waals surface area contributed by atoms with E-state index in [1.807, 2.05) is 54.7 Å². The summed E-state index contributed by atoms with van der Waals surface area (Å²) in [6.07, 6.45) is 1.88. The molecule has 0 saturated heterocycles. The lowest BCUT2D eigenvalue weighted by molar-refractivity contribution is 1.18. The number of halogens is 1. The monoisotopic (exact) mass is 525 g/mol. The average molecular weight is 526 g/mol. The molecule has 3 nitrogen and oxygen atoms in total. The van der Waals surface area contributed by atoms with Crippen LogP contribution in [0.25, 0.3) is 65.3 Å². The Bertz CT molecular complexity index is 1870. The van der Waals surface area contributed by atoms with E-state index in [0.717, 1.165) is 49.4 Å². The van der Waals surface area contributed by atoms with Gasteiger partial charge < -0.3 is 0 Å². The first-order valence-electron chi connectivity index (χ1n) is 12.3. The summed E-state index contributed by atoms with van der Waals surface area (Å²) >= 11 is 8.57. The Morgan fingerprint density at radius 1 is 0.579 bits per heavy atom. The molecule has 0 bridgehead atoms.